The molecule has 0 bridgehead atoms. The molecule has 3 aromatic rings. The van der Waals surface area contributed by atoms with E-state index in [0.29, 0.717) is 16.6 Å². The quantitative estimate of drug-likeness (QED) is 0.0788. The first-order chi connectivity index (χ1) is 22.0. The Kier molecular flexibility index (Phi) is 12.0. The zero-order chi connectivity index (χ0) is 33.2. The largest absolute Gasteiger partial charge is 0.530 e. The van der Waals surface area contributed by atoms with Gasteiger partial charge in [-0.25, -0.2) is 14.2 Å². The highest BCUT2D eigenvalue weighted by atomic mass is 31.2. The summed E-state index contributed by atoms with van der Waals surface area (Å²) in [6.45, 7) is 7.99. The van der Waals surface area contributed by atoms with Crippen molar-refractivity contribution in [1.82, 2.24) is 5.32 Å². The highest BCUT2D eigenvalue weighted by Gasteiger charge is 2.31. The minimum absolute atomic E-state index is 0.0113. The van der Waals surface area contributed by atoms with Gasteiger partial charge in [-0.15, -0.1) is 6.58 Å². The number of carbonyl (C=O) groups is 2. The number of hydrogen-bond acceptors (Lipinski definition) is 8. The van der Waals surface area contributed by atoms with Gasteiger partial charge in [0.25, 0.3) is 0 Å². The molecule has 0 spiro atoms. The fourth-order valence-electron chi connectivity index (χ4n) is 4.93. The molecule has 1 aliphatic carbocycles. The van der Waals surface area contributed by atoms with Crippen LogP contribution < -0.4 is 9.84 Å². The lowest BCUT2D eigenvalue weighted by Crippen LogP contribution is -2.44. The average molecular weight is 650 g/mol. The van der Waals surface area contributed by atoms with Crippen molar-refractivity contribution in [3.63, 3.8) is 0 Å². The molecule has 2 atom stereocenters. The van der Waals surface area contributed by atoms with Gasteiger partial charge >= 0.3 is 19.9 Å². The maximum absolute atomic E-state index is 13.2. The standard InChI is InChI=1S/C35H41N2O8P/c1-6-21-41-34(38)33(36-35(39)42-25-32-30-14-10-8-12-28(30)29-13-9-11-15-31(29)32)24-26-16-18-27(19-17-26)45-46(40,43-22-7-2)44-23-20-37(3,4)5/h6-19,32-33H,1-2,20-25H2,3-5H3/p+1/t33-,46?/m0/s1. The van der Waals surface area contributed by atoms with Crippen molar-refractivity contribution in [1.29, 1.82) is 0 Å². The van der Waals surface area contributed by atoms with Crippen molar-refractivity contribution in [2.75, 3.05) is 54.1 Å². The SMILES string of the molecule is C=CCOC(=O)[C@H](Cc1ccc(OP(=O)(OCC=C)OCC[N+](C)(C)C)cc1)NC(=O)OCC1c2ccccc2-c2ccccc21. The number of alkyl carbamates (subject to hydrolysis) is 1. The third-order valence-corrected chi connectivity index (χ3v) is 8.60. The van der Waals surface area contributed by atoms with Gasteiger partial charge in [-0.2, -0.15) is 0 Å². The molecule has 3 aromatic carbocycles. The van der Waals surface area contributed by atoms with Gasteiger partial charge in [-0.1, -0.05) is 79.4 Å². The normalized spacial score (nSPS) is 14.2. The fourth-order valence-corrected chi connectivity index (χ4v) is 6.08. The molecule has 244 valence electrons. The molecular weight excluding hydrogens is 607 g/mol. The first-order valence-corrected chi connectivity index (χ1v) is 16.5. The third kappa shape index (κ3) is 9.64. The maximum atomic E-state index is 13.2. The monoisotopic (exact) mass is 649 g/mol. The summed E-state index contributed by atoms with van der Waals surface area (Å²) in [4.78, 5) is 25.9. The number of rotatable bonds is 17. The first-order valence-electron chi connectivity index (χ1n) is 15.0. The van der Waals surface area contributed by atoms with Crippen molar-refractivity contribution in [2.24, 2.45) is 0 Å². The van der Waals surface area contributed by atoms with Crippen molar-refractivity contribution in [2.45, 2.75) is 18.4 Å². The van der Waals surface area contributed by atoms with Crippen molar-refractivity contribution >= 4 is 19.9 Å². The second-order valence-corrected chi connectivity index (χ2v) is 13.4. The van der Waals surface area contributed by atoms with E-state index in [4.69, 9.17) is 23.0 Å². The summed E-state index contributed by atoms with van der Waals surface area (Å²) in [5.41, 5.74) is 5.08. The summed E-state index contributed by atoms with van der Waals surface area (Å²) in [5.74, 6) is -0.516. The minimum atomic E-state index is -3.93. The number of nitrogens with one attached hydrogen (secondary N) is 1. The van der Waals surface area contributed by atoms with E-state index < -0.39 is 25.9 Å². The van der Waals surface area contributed by atoms with Gasteiger partial charge in [0.05, 0.1) is 27.7 Å². The molecule has 1 unspecified atom stereocenters. The van der Waals surface area contributed by atoms with E-state index in [1.54, 1.807) is 24.3 Å². The summed E-state index contributed by atoms with van der Waals surface area (Å²) < 4.78 is 41.3. The highest BCUT2D eigenvalue weighted by Crippen LogP contribution is 2.49. The van der Waals surface area contributed by atoms with Crippen LogP contribution in [0.2, 0.25) is 0 Å². The number of benzene rings is 3. The Bertz CT molecular complexity index is 1520. The fraction of sp³-hybridized carbons (Fsp3) is 0.314. The zero-order valence-corrected chi connectivity index (χ0v) is 27.4. The number of phosphoric acid groups is 1. The number of fused-ring (bicyclic) bond motifs is 3. The molecule has 4 rings (SSSR count). The summed E-state index contributed by atoms with van der Waals surface area (Å²) in [6, 6.07) is 21.6. The summed E-state index contributed by atoms with van der Waals surface area (Å²) in [7, 11) is 2.03. The van der Waals surface area contributed by atoms with E-state index in [2.05, 4.69) is 30.6 Å². The summed E-state index contributed by atoms with van der Waals surface area (Å²) >= 11 is 0. The molecule has 0 radical (unpaired) electrons. The van der Waals surface area contributed by atoms with E-state index in [1.807, 2.05) is 57.5 Å². The van der Waals surface area contributed by atoms with E-state index in [9.17, 15) is 14.2 Å². The van der Waals surface area contributed by atoms with Crippen molar-refractivity contribution in [3.8, 4) is 16.9 Å². The lowest BCUT2D eigenvalue weighted by molar-refractivity contribution is -0.870. The van der Waals surface area contributed by atoms with Crippen LogP contribution in [0.25, 0.3) is 11.1 Å². The minimum Gasteiger partial charge on any atom is -0.460 e. The van der Waals surface area contributed by atoms with Gasteiger partial charge in [0.15, 0.2) is 0 Å². The Hall–Kier alpha value is -4.21. The predicted octanol–water partition coefficient (Wildman–Crippen LogP) is 6.28. The van der Waals surface area contributed by atoms with E-state index in [-0.39, 0.29) is 44.5 Å². The third-order valence-electron chi connectivity index (χ3n) is 7.21. The number of likely N-dealkylation sites (N-methyl/N-ethyl adjacent to an activating group) is 1. The van der Waals surface area contributed by atoms with Crippen LogP contribution >= 0.6 is 7.82 Å². The molecule has 1 amide bonds. The first kappa shape index (κ1) is 34.7. The maximum Gasteiger partial charge on any atom is 0.530 e. The van der Waals surface area contributed by atoms with Gasteiger partial charge < -0.3 is 23.8 Å². The Balaban J connectivity index is 1.40. The van der Waals surface area contributed by atoms with Gasteiger partial charge in [-0.3, -0.25) is 9.05 Å². The smallest absolute Gasteiger partial charge is 0.460 e. The number of amides is 1. The van der Waals surface area contributed by atoms with Crippen LogP contribution in [0.4, 0.5) is 4.79 Å². The molecule has 11 heteroatoms. The van der Waals surface area contributed by atoms with Crippen LogP contribution in [0, 0.1) is 0 Å². The Morgan fingerprint density at radius 1 is 0.870 bits per heavy atom. The molecule has 1 aliphatic rings. The van der Waals surface area contributed by atoms with Crippen molar-refractivity contribution in [3.05, 3.63) is 115 Å². The highest BCUT2D eigenvalue weighted by molar-refractivity contribution is 7.48. The number of nitrogens with zero attached hydrogens (tertiary/aromatic N) is 1. The van der Waals surface area contributed by atoms with Crippen LogP contribution in [0.1, 0.15) is 22.6 Å². The topological polar surface area (TPSA) is 109 Å². The Labute approximate surface area is 270 Å². The number of esters is 1. The van der Waals surface area contributed by atoms with Gasteiger partial charge in [0.2, 0.25) is 0 Å². The number of quaternary nitrogens is 1. The molecule has 0 saturated heterocycles. The molecule has 0 heterocycles. The van der Waals surface area contributed by atoms with E-state index in [1.165, 1.54) is 12.2 Å². The number of hydrogen-bond donors (Lipinski definition) is 1. The van der Waals surface area contributed by atoms with Crippen molar-refractivity contribution < 1.29 is 41.7 Å². The van der Waals surface area contributed by atoms with Crippen LogP contribution in [-0.4, -0.2) is 76.7 Å². The molecule has 0 saturated carbocycles. The second kappa shape index (κ2) is 15.9. The van der Waals surface area contributed by atoms with E-state index in [0.717, 1.165) is 22.3 Å². The summed E-state index contributed by atoms with van der Waals surface area (Å²) in [6.07, 6.45) is 2.26. The molecule has 0 aromatic heterocycles. The molecule has 46 heavy (non-hydrogen) atoms. The van der Waals surface area contributed by atoms with E-state index >= 15 is 0 Å². The van der Waals surface area contributed by atoms with Gasteiger partial charge in [-0.05, 0) is 39.9 Å². The summed E-state index contributed by atoms with van der Waals surface area (Å²) in [5, 5.41) is 2.66. The molecule has 1 N–H and O–H groups in total. The van der Waals surface area contributed by atoms with Crippen LogP contribution in [-0.2, 0) is 34.3 Å². The number of ether oxygens (including phenoxy) is 2. The van der Waals surface area contributed by atoms with Crippen LogP contribution in [0.3, 0.4) is 0 Å². The number of carbonyl (C=O) groups excluding carboxylic acids is 2. The van der Waals surface area contributed by atoms with Crippen LogP contribution in [0.15, 0.2) is 98.1 Å². The Morgan fingerprint density at radius 2 is 1.48 bits per heavy atom. The molecule has 0 aliphatic heterocycles. The van der Waals surface area contributed by atoms with Gasteiger partial charge in [0, 0.05) is 12.3 Å². The number of phosphoric ester groups is 1. The second-order valence-electron chi connectivity index (χ2n) is 11.8. The van der Waals surface area contributed by atoms with Gasteiger partial charge in [0.1, 0.15) is 38.2 Å². The molecule has 0 fully saturated rings. The Morgan fingerprint density at radius 3 is 2.07 bits per heavy atom. The van der Waals surface area contributed by atoms with Crippen LogP contribution in [0.5, 0.6) is 5.75 Å². The average Bonchev–Trinajstić information content (AvgIpc) is 3.35. The zero-order valence-electron chi connectivity index (χ0n) is 26.6. The molecule has 10 nitrogen and oxygen atoms in total. The lowest BCUT2D eigenvalue weighted by atomic mass is 9.98. The molecular formula is C35H42N2O8P+. The predicted molar refractivity (Wildman–Crippen MR) is 177 cm³/mol. The lowest BCUT2D eigenvalue weighted by Gasteiger charge is -2.25.